The van der Waals surface area contributed by atoms with Crippen LogP contribution in [0.1, 0.15) is 34.1 Å². The molecular formula is C11H20O3. The number of hydrogen-bond acceptors (Lipinski definition) is 2. The zero-order chi connectivity index (χ0) is 11.1. The number of hydrogen-bond donors (Lipinski definition) is 1. The maximum absolute atomic E-state index is 10.3. The minimum Gasteiger partial charge on any atom is -0.478 e. The summed E-state index contributed by atoms with van der Waals surface area (Å²) in [6, 6.07) is 0. The average molecular weight is 200 g/mol. The molecule has 0 aromatic heterocycles. The van der Waals surface area contributed by atoms with Gasteiger partial charge in [0.25, 0.3) is 0 Å². The van der Waals surface area contributed by atoms with Crippen molar-refractivity contribution >= 4 is 5.97 Å². The van der Waals surface area contributed by atoms with Crippen molar-refractivity contribution < 1.29 is 14.6 Å². The van der Waals surface area contributed by atoms with E-state index in [1.165, 1.54) is 6.08 Å². The summed E-state index contributed by atoms with van der Waals surface area (Å²) in [6.45, 7) is 8.45. The summed E-state index contributed by atoms with van der Waals surface area (Å²) >= 11 is 0. The van der Waals surface area contributed by atoms with E-state index in [9.17, 15) is 4.79 Å². The van der Waals surface area contributed by atoms with Crippen molar-refractivity contribution in [3.05, 3.63) is 11.6 Å². The Bertz CT molecular complexity index is 207. The van der Waals surface area contributed by atoms with Gasteiger partial charge in [-0.2, -0.15) is 0 Å². The van der Waals surface area contributed by atoms with Crippen molar-refractivity contribution in [2.45, 2.75) is 40.2 Å². The average Bonchev–Trinajstić information content (AvgIpc) is 1.98. The standard InChI is InChI=1S/C11H20O3/c1-8(2)5-10(4)14-7-9(3)6-11(12)13/h6,8,10H,5,7H2,1-4H3,(H,12,13). The third-order valence-corrected chi connectivity index (χ3v) is 1.77. The first kappa shape index (κ1) is 13.2. The summed E-state index contributed by atoms with van der Waals surface area (Å²) in [5.74, 6) is -0.309. The molecule has 3 heteroatoms. The van der Waals surface area contributed by atoms with Crippen LogP contribution < -0.4 is 0 Å². The van der Waals surface area contributed by atoms with Crippen LogP contribution in [0.2, 0.25) is 0 Å². The van der Waals surface area contributed by atoms with E-state index in [0.29, 0.717) is 12.5 Å². The van der Waals surface area contributed by atoms with Crippen molar-refractivity contribution in [2.75, 3.05) is 6.61 Å². The smallest absolute Gasteiger partial charge is 0.328 e. The molecule has 82 valence electrons. The molecule has 1 atom stereocenters. The molecule has 0 spiro atoms. The molecule has 0 fully saturated rings. The number of carbonyl (C=O) groups is 1. The van der Waals surface area contributed by atoms with E-state index in [1.807, 2.05) is 6.92 Å². The highest BCUT2D eigenvalue weighted by Crippen LogP contribution is 2.08. The normalized spacial score (nSPS) is 14.5. The lowest BCUT2D eigenvalue weighted by molar-refractivity contribution is -0.131. The monoisotopic (exact) mass is 200 g/mol. The number of carboxylic acid groups (broad SMARTS) is 1. The largest absolute Gasteiger partial charge is 0.478 e. The maximum atomic E-state index is 10.3. The van der Waals surface area contributed by atoms with Crippen LogP contribution in [-0.4, -0.2) is 23.8 Å². The Balaban J connectivity index is 3.76. The van der Waals surface area contributed by atoms with E-state index in [2.05, 4.69) is 13.8 Å². The van der Waals surface area contributed by atoms with Crippen LogP contribution in [0.5, 0.6) is 0 Å². The number of ether oxygens (including phenoxy) is 1. The molecule has 0 heterocycles. The Morgan fingerprint density at radius 3 is 2.43 bits per heavy atom. The third-order valence-electron chi connectivity index (χ3n) is 1.77. The summed E-state index contributed by atoms with van der Waals surface area (Å²) in [6.07, 6.45) is 2.37. The molecule has 3 nitrogen and oxygen atoms in total. The minimum atomic E-state index is -0.914. The van der Waals surface area contributed by atoms with Crippen molar-refractivity contribution in [2.24, 2.45) is 5.92 Å². The fraction of sp³-hybridized carbons (Fsp3) is 0.727. The van der Waals surface area contributed by atoms with E-state index in [1.54, 1.807) is 6.92 Å². The molecule has 14 heavy (non-hydrogen) atoms. The van der Waals surface area contributed by atoms with E-state index in [4.69, 9.17) is 9.84 Å². The first-order valence-electron chi connectivity index (χ1n) is 4.93. The van der Waals surface area contributed by atoms with E-state index in [0.717, 1.165) is 12.0 Å². The molecule has 1 unspecified atom stereocenters. The molecule has 0 amide bonds. The Morgan fingerprint density at radius 1 is 1.43 bits per heavy atom. The number of carboxylic acids is 1. The van der Waals surface area contributed by atoms with Gasteiger partial charge in [-0.3, -0.25) is 0 Å². The van der Waals surface area contributed by atoms with Crippen LogP contribution in [0.15, 0.2) is 11.6 Å². The molecule has 0 saturated carbocycles. The molecule has 0 aromatic carbocycles. The molecule has 0 bridgehead atoms. The zero-order valence-corrected chi connectivity index (χ0v) is 9.41. The van der Waals surface area contributed by atoms with Gasteiger partial charge in [0.05, 0.1) is 12.7 Å². The summed E-state index contributed by atoms with van der Waals surface area (Å²) in [7, 11) is 0. The lowest BCUT2D eigenvalue weighted by Gasteiger charge is -2.14. The Hall–Kier alpha value is -0.830. The molecule has 0 aliphatic rings. The van der Waals surface area contributed by atoms with Crippen LogP contribution in [0.25, 0.3) is 0 Å². The second-order valence-corrected chi connectivity index (χ2v) is 4.08. The molecule has 0 radical (unpaired) electrons. The van der Waals surface area contributed by atoms with E-state index >= 15 is 0 Å². The van der Waals surface area contributed by atoms with Crippen LogP contribution in [0, 0.1) is 5.92 Å². The summed E-state index contributed by atoms with van der Waals surface area (Å²) in [5.41, 5.74) is 0.744. The molecular weight excluding hydrogens is 180 g/mol. The van der Waals surface area contributed by atoms with Crippen molar-refractivity contribution in [1.29, 1.82) is 0 Å². The Morgan fingerprint density at radius 2 is 2.00 bits per heavy atom. The van der Waals surface area contributed by atoms with Gasteiger partial charge >= 0.3 is 5.97 Å². The van der Waals surface area contributed by atoms with Crippen LogP contribution in [0.3, 0.4) is 0 Å². The second kappa shape index (κ2) is 6.60. The first-order valence-corrected chi connectivity index (χ1v) is 4.93. The molecule has 0 aliphatic carbocycles. The third kappa shape index (κ3) is 7.80. The predicted molar refractivity (Wildman–Crippen MR) is 56.3 cm³/mol. The Labute approximate surface area is 85.8 Å². The van der Waals surface area contributed by atoms with Crippen molar-refractivity contribution in [1.82, 2.24) is 0 Å². The zero-order valence-electron chi connectivity index (χ0n) is 9.41. The van der Waals surface area contributed by atoms with Crippen molar-refractivity contribution in [3.8, 4) is 0 Å². The van der Waals surface area contributed by atoms with Gasteiger partial charge in [0.2, 0.25) is 0 Å². The fourth-order valence-electron chi connectivity index (χ4n) is 1.26. The molecule has 0 saturated heterocycles. The van der Waals surface area contributed by atoms with Crippen LogP contribution in [0.4, 0.5) is 0 Å². The van der Waals surface area contributed by atoms with E-state index in [-0.39, 0.29) is 6.10 Å². The quantitative estimate of drug-likeness (QED) is 0.670. The highest BCUT2D eigenvalue weighted by atomic mass is 16.5. The molecule has 0 rings (SSSR count). The lowest BCUT2D eigenvalue weighted by atomic mass is 10.1. The van der Waals surface area contributed by atoms with Gasteiger partial charge in [0.15, 0.2) is 0 Å². The SMILES string of the molecule is CC(=CC(=O)O)COC(C)CC(C)C. The van der Waals surface area contributed by atoms with Gasteiger partial charge < -0.3 is 9.84 Å². The summed E-state index contributed by atoms with van der Waals surface area (Å²) in [5, 5.41) is 8.46. The topological polar surface area (TPSA) is 46.5 Å². The van der Waals surface area contributed by atoms with Crippen LogP contribution in [-0.2, 0) is 9.53 Å². The fourth-order valence-corrected chi connectivity index (χ4v) is 1.26. The highest BCUT2D eigenvalue weighted by molar-refractivity contribution is 5.80. The second-order valence-electron chi connectivity index (χ2n) is 4.08. The first-order chi connectivity index (χ1) is 6.41. The van der Waals surface area contributed by atoms with E-state index < -0.39 is 5.97 Å². The van der Waals surface area contributed by atoms with Gasteiger partial charge in [0.1, 0.15) is 0 Å². The Kier molecular flexibility index (Phi) is 6.21. The van der Waals surface area contributed by atoms with Gasteiger partial charge in [-0.05, 0) is 31.8 Å². The van der Waals surface area contributed by atoms with Gasteiger partial charge in [-0.25, -0.2) is 4.79 Å². The maximum Gasteiger partial charge on any atom is 0.328 e. The van der Waals surface area contributed by atoms with Gasteiger partial charge in [-0.1, -0.05) is 13.8 Å². The van der Waals surface area contributed by atoms with Crippen LogP contribution >= 0.6 is 0 Å². The number of aliphatic carboxylic acids is 1. The minimum absolute atomic E-state index is 0.187. The predicted octanol–water partition coefficient (Wildman–Crippen LogP) is 2.47. The van der Waals surface area contributed by atoms with Crippen molar-refractivity contribution in [3.63, 3.8) is 0 Å². The highest BCUT2D eigenvalue weighted by Gasteiger charge is 2.05. The molecule has 0 aliphatic heterocycles. The lowest BCUT2D eigenvalue weighted by Crippen LogP contribution is -2.13. The summed E-state index contributed by atoms with van der Waals surface area (Å²) in [4.78, 5) is 10.3. The summed E-state index contributed by atoms with van der Waals surface area (Å²) < 4.78 is 5.48. The number of rotatable bonds is 6. The van der Waals surface area contributed by atoms with Gasteiger partial charge in [-0.15, -0.1) is 0 Å². The molecule has 0 aromatic rings. The molecule has 1 N–H and O–H groups in total. The van der Waals surface area contributed by atoms with Gasteiger partial charge in [0, 0.05) is 6.08 Å².